The summed E-state index contributed by atoms with van der Waals surface area (Å²) in [6.07, 6.45) is 7.00. The summed E-state index contributed by atoms with van der Waals surface area (Å²) >= 11 is 1.80. The van der Waals surface area contributed by atoms with Crippen LogP contribution in [0.15, 0.2) is 17.5 Å². The van der Waals surface area contributed by atoms with Crippen LogP contribution in [0.3, 0.4) is 0 Å². The van der Waals surface area contributed by atoms with Crippen molar-refractivity contribution in [2.24, 2.45) is 0 Å². The lowest BCUT2D eigenvalue weighted by Gasteiger charge is -2.43. The van der Waals surface area contributed by atoms with Gasteiger partial charge in [-0.25, -0.2) is 0 Å². The Morgan fingerprint density at radius 2 is 2.19 bits per heavy atom. The number of hydrogen-bond acceptors (Lipinski definition) is 3. The molecule has 0 aromatic carbocycles. The summed E-state index contributed by atoms with van der Waals surface area (Å²) in [5.74, 6) is 0. The summed E-state index contributed by atoms with van der Waals surface area (Å²) in [5.41, 5.74) is 0.312. The van der Waals surface area contributed by atoms with Gasteiger partial charge >= 0.3 is 0 Å². The Labute approximate surface area is 101 Å². The summed E-state index contributed by atoms with van der Waals surface area (Å²) in [6, 6.07) is 4.28. The summed E-state index contributed by atoms with van der Waals surface area (Å²) in [4.78, 5) is 1.36. The van der Waals surface area contributed by atoms with Crippen LogP contribution in [0.2, 0.25) is 0 Å². The second kappa shape index (κ2) is 4.47. The first-order chi connectivity index (χ1) is 7.88. The van der Waals surface area contributed by atoms with E-state index in [-0.39, 0.29) is 6.10 Å². The summed E-state index contributed by atoms with van der Waals surface area (Å²) in [5, 5.41) is 5.88. The van der Waals surface area contributed by atoms with E-state index in [1.54, 1.807) is 11.3 Å². The predicted octanol–water partition coefficient (Wildman–Crippen LogP) is 3.11. The lowest BCUT2D eigenvalue weighted by atomic mass is 9.81. The molecule has 3 rings (SSSR count). The second-order valence-corrected chi connectivity index (χ2v) is 6.02. The molecular weight excluding hydrogens is 218 g/mol. The molecule has 88 valence electrons. The molecule has 1 aliphatic heterocycles. The summed E-state index contributed by atoms with van der Waals surface area (Å²) in [7, 11) is 0. The molecule has 1 aromatic heterocycles. The van der Waals surface area contributed by atoms with Gasteiger partial charge in [-0.3, -0.25) is 0 Å². The lowest BCUT2D eigenvalue weighted by Crippen LogP contribution is -2.55. The van der Waals surface area contributed by atoms with Gasteiger partial charge in [0.1, 0.15) is 6.10 Å². The Morgan fingerprint density at radius 1 is 1.31 bits per heavy atom. The largest absolute Gasteiger partial charge is 0.369 e. The van der Waals surface area contributed by atoms with E-state index >= 15 is 0 Å². The molecule has 0 amide bonds. The molecule has 1 saturated heterocycles. The average molecular weight is 237 g/mol. The highest BCUT2D eigenvalue weighted by Crippen LogP contribution is 2.34. The van der Waals surface area contributed by atoms with Gasteiger partial charge in [0.25, 0.3) is 0 Å². The average Bonchev–Trinajstić information content (AvgIpc) is 2.85. The molecule has 2 fully saturated rings. The van der Waals surface area contributed by atoms with Crippen LogP contribution in [0.1, 0.15) is 43.1 Å². The molecule has 2 heterocycles. The third-order valence-electron chi connectivity index (χ3n) is 3.89. The zero-order valence-electron chi connectivity index (χ0n) is 9.58. The Morgan fingerprint density at radius 3 is 2.81 bits per heavy atom. The third-order valence-corrected chi connectivity index (χ3v) is 4.86. The molecule has 1 spiro atoms. The van der Waals surface area contributed by atoms with Crippen molar-refractivity contribution in [3.05, 3.63) is 22.4 Å². The molecule has 1 N–H and O–H groups in total. The topological polar surface area (TPSA) is 21.3 Å². The zero-order valence-corrected chi connectivity index (χ0v) is 10.4. The van der Waals surface area contributed by atoms with Crippen LogP contribution in [0.4, 0.5) is 0 Å². The standard InChI is InChI=1S/C13H19NOS/c1-2-6-13(7-3-1)10-15-11(9-14-13)12-5-4-8-16-12/h4-5,8,11,14H,1-3,6-7,9-10H2. The fourth-order valence-corrected chi connectivity index (χ4v) is 3.66. The molecule has 0 radical (unpaired) electrons. The molecule has 1 unspecified atom stereocenters. The maximum Gasteiger partial charge on any atom is 0.104 e. The van der Waals surface area contributed by atoms with Crippen LogP contribution in [-0.2, 0) is 4.74 Å². The molecule has 0 bridgehead atoms. The maximum atomic E-state index is 6.06. The van der Waals surface area contributed by atoms with Gasteiger partial charge in [0.15, 0.2) is 0 Å². The zero-order chi connectivity index (χ0) is 10.8. The Bertz CT molecular complexity index is 320. The van der Waals surface area contributed by atoms with E-state index in [0.29, 0.717) is 5.54 Å². The third kappa shape index (κ3) is 2.04. The predicted molar refractivity (Wildman–Crippen MR) is 66.8 cm³/mol. The van der Waals surface area contributed by atoms with Crippen molar-refractivity contribution in [1.29, 1.82) is 0 Å². The fraction of sp³-hybridized carbons (Fsp3) is 0.692. The first-order valence-electron chi connectivity index (χ1n) is 6.28. The van der Waals surface area contributed by atoms with Crippen molar-refractivity contribution in [2.45, 2.75) is 43.7 Å². The normalized spacial score (nSPS) is 29.4. The first-order valence-corrected chi connectivity index (χ1v) is 7.16. The molecule has 1 aromatic rings. The molecule has 3 heteroatoms. The van der Waals surface area contributed by atoms with Gasteiger partial charge < -0.3 is 10.1 Å². The quantitative estimate of drug-likeness (QED) is 0.810. The molecule has 16 heavy (non-hydrogen) atoms. The van der Waals surface area contributed by atoms with Gasteiger partial charge in [-0.05, 0) is 24.3 Å². The second-order valence-electron chi connectivity index (χ2n) is 5.04. The number of rotatable bonds is 1. The minimum atomic E-state index is 0.285. The molecule has 2 aliphatic rings. The van der Waals surface area contributed by atoms with Gasteiger partial charge in [0.05, 0.1) is 6.61 Å². The minimum Gasteiger partial charge on any atom is -0.369 e. The van der Waals surface area contributed by atoms with E-state index in [9.17, 15) is 0 Å². The van der Waals surface area contributed by atoms with Crippen molar-refractivity contribution >= 4 is 11.3 Å². The van der Waals surface area contributed by atoms with Crippen molar-refractivity contribution < 1.29 is 4.74 Å². The number of thiophene rings is 1. The van der Waals surface area contributed by atoms with E-state index < -0.39 is 0 Å². The van der Waals surface area contributed by atoms with E-state index in [2.05, 4.69) is 22.8 Å². The van der Waals surface area contributed by atoms with Crippen molar-refractivity contribution in [1.82, 2.24) is 5.32 Å². The lowest BCUT2D eigenvalue weighted by molar-refractivity contribution is -0.0451. The Kier molecular flexibility index (Phi) is 3.01. The number of ether oxygens (including phenoxy) is 1. The summed E-state index contributed by atoms with van der Waals surface area (Å²) < 4.78 is 6.06. The molecule has 1 atom stereocenters. The van der Waals surface area contributed by atoms with Gasteiger partial charge in [-0.2, -0.15) is 0 Å². The summed E-state index contributed by atoms with van der Waals surface area (Å²) in [6.45, 7) is 1.88. The van der Waals surface area contributed by atoms with Crippen LogP contribution >= 0.6 is 11.3 Å². The van der Waals surface area contributed by atoms with Crippen LogP contribution in [0, 0.1) is 0 Å². The minimum absolute atomic E-state index is 0.285. The maximum absolute atomic E-state index is 6.06. The Hall–Kier alpha value is -0.380. The Balaban J connectivity index is 1.63. The van der Waals surface area contributed by atoms with Gasteiger partial charge in [-0.15, -0.1) is 11.3 Å². The van der Waals surface area contributed by atoms with Crippen molar-refractivity contribution in [3.63, 3.8) is 0 Å². The monoisotopic (exact) mass is 237 g/mol. The number of nitrogens with one attached hydrogen (secondary N) is 1. The highest BCUT2D eigenvalue weighted by molar-refractivity contribution is 7.10. The van der Waals surface area contributed by atoms with E-state index in [1.807, 2.05) is 0 Å². The van der Waals surface area contributed by atoms with Crippen molar-refractivity contribution in [3.8, 4) is 0 Å². The van der Waals surface area contributed by atoms with Gasteiger partial charge in [0, 0.05) is 17.0 Å². The van der Waals surface area contributed by atoms with Crippen LogP contribution < -0.4 is 5.32 Å². The van der Waals surface area contributed by atoms with Gasteiger partial charge in [-0.1, -0.05) is 25.3 Å². The number of morpholine rings is 1. The highest BCUT2D eigenvalue weighted by atomic mass is 32.1. The molecule has 1 saturated carbocycles. The SMILES string of the molecule is c1csc(C2CNC3(CCCCC3)CO2)c1. The van der Waals surface area contributed by atoms with Gasteiger partial charge in [0.2, 0.25) is 0 Å². The van der Waals surface area contributed by atoms with Crippen LogP contribution in [-0.4, -0.2) is 18.7 Å². The molecular formula is C13H19NOS. The fourth-order valence-electron chi connectivity index (χ4n) is 2.89. The van der Waals surface area contributed by atoms with E-state index in [1.165, 1.54) is 37.0 Å². The van der Waals surface area contributed by atoms with Crippen molar-refractivity contribution in [2.75, 3.05) is 13.2 Å². The van der Waals surface area contributed by atoms with E-state index in [4.69, 9.17) is 4.74 Å². The molecule has 2 nitrogen and oxygen atoms in total. The van der Waals surface area contributed by atoms with Crippen LogP contribution in [0.25, 0.3) is 0 Å². The van der Waals surface area contributed by atoms with Crippen LogP contribution in [0.5, 0.6) is 0 Å². The number of hydrogen-bond donors (Lipinski definition) is 1. The smallest absolute Gasteiger partial charge is 0.104 e. The van der Waals surface area contributed by atoms with E-state index in [0.717, 1.165) is 13.2 Å². The molecule has 1 aliphatic carbocycles. The first kappa shape index (κ1) is 10.8. The highest BCUT2D eigenvalue weighted by Gasteiger charge is 2.37.